The van der Waals surface area contributed by atoms with Crippen LogP contribution < -0.4 is 14.2 Å². The second kappa shape index (κ2) is 7.25. The number of carbonyl (C=O) groups excluding carboxylic acids is 1. The minimum atomic E-state index is 0.0649. The van der Waals surface area contributed by atoms with Crippen LogP contribution in [0, 0.1) is 0 Å². The van der Waals surface area contributed by atoms with E-state index in [0.29, 0.717) is 26.2 Å². The summed E-state index contributed by atoms with van der Waals surface area (Å²) in [6, 6.07) is 13.3. The van der Waals surface area contributed by atoms with Crippen molar-refractivity contribution in [3.63, 3.8) is 0 Å². The van der Waals surface area contributed by atoms with E-state index in [4.69, 9.17) is 14.2 Å². The molecular weight excluding hydrogens is 306 g/mol. The lowest BCUT2D eigenvalue weighted by molar-refractivity contribution is -0.129. The molecule has 0 saturated heterocycles. The first kappa shape index (κ1) is 16.2. The van der Waals surface area contributed by atoms with E-state index in [2.05, 4.69) is 0 Å². The van der Waals surface area contributed by atoms with E-state index in [1.165, 1.54) is 0 Å². The third-order valence-electron chi connectivity index (χ3n) is 3.97. The SMILES string of the molecule is COc1ccc(CC(=O)N(C)Cc2ccc3c(c2)OCCO3)cc1. The number of ether oxygens (including phenoxy) is 3. The van der Waals surface area contributed by atoms with Crippen molar-refractivity contribution >= 4 is 5.91 Å². The van der Waals surface area contributed by atoms with E-state index >= 15 is 0 Å². The zero-order chi connectivity index (χ0) is 16.9. The van der Waals surface area contributed by atoms with Crippen molar-refractivity contribution < 1.29 is 19.0 Å². The third kappa shape index (κ3) is 3.79. The van der Waals surface area contributed by atoms with E-state index in [-0.39, 0.29) is 5.91 Å². The van der Waals surface area contributed by atoms with Gasteiger partial charge in [-0.3, -0.25) is 4.79 Å². The fraction of sp³-hybridized carbons (Fsp3) is 0.316. The van der Waals surface area contributed by atoms with Crippen molar-refractivity contribution in [3.8, 4) is 17.2 Å². The number of amides is 1. The molecule has 5 heteroatoms. The minimum Gasteiger partial charge on any atom is -0.497 e. The highest BCUT2D eigenvalue weighted by atomic mass is 16.6. The molecule has 24 heavy (non-hydrogen) atoms. The van der Waals surface area contributed by atoms with Gasteiger partial charge in [0.1, 0.15) is 19.0 Å². The van der Waals surface area contributed by atoms with Gasteiger partial charge in [0.15, 0.2) is 11.5 Å². The summed E-state index contributed by atoms with van der Waals surface area (Å²) in [4.78, 5) is 14.1. The molecule has 0 fully saturated rings. The Labute approximate surface area is 141 Å². The standard InChI is InChI=1S/C19H21NO4/c1-20(19(21)12-14-3-6-16(22-2)7-4-14)13-15-5-8-17-18(11-15)24-10-9-23-17/h3-8,11H,9-10,12-13H2,1-2H3. The molecule has 2 aromatic carbocycles. The monoisotopic (exact) mass is 327 g/mol. The fourth-order valence-electron chi connectivity index (χ4n) is 2.60. The molecule has 0 aliphatic carbocycles. The Morgan fingerprint density at radius 3 is 2.42 bits per heavy atom. The van der Waals surface area contributed by atoms with Crippen LogP contribution >= 0.6 is 0 Å². The van der Waals surface area contributed by atoms with Gasteiger partial charge in [-0.2, -0.15) is 0 Å². The van der Waals surface area contributed by atoms with Gasteiger partial charge in [0.2, 0.25) is 5.91 Å². The van der Waals surface area contributed by atoms with Crippen LogP contribution in [-0.2, 0) is 17.8 Å². The number of carbonyl (C=O) groups is 1. The van der Waals surface area contributed by atoms with Crippen LogP contribution in [0.2, 0.25) is 0 Å². The number of methoxy groups -OCH3 is 1. The number of nitrogens with zero attached hydrogens (tertiary/aromatic N) is 1. The van der Waals surface area contributed by atoms with Gasteiger partial charge in [-0.15, -0.1) is 0 Å². The second-order valence-corrected chi connectivity index (χ2v) is 5.75. The molecule has 0 spiro atoms. The Hall–Kier alpha value is -2.69. The topological polar surface area (TPSA) is 48.0 Å². The zero-order valence-electron chi connectivity index (χ0n) is 14.0. The molecule has 0 aromatic heterocycles. The highest BCUT2D eigenvalue weighted by Gasteiger charge is 2.14. The normalized spacial score (nSPS) is 12.6. The van der Waals surface area contributed by atoms with Crippen LogP contribution in [0.1, 0.15) is 11.1 Å². The summed E-state index contributed by atoms with van der Waals surface area (Å²) in [5.41, 5.74) is 1.99. The first-order valence-electron chi connectivity index (χ1n) is 7.91. The molecule has 0 radical (unpaired) electrons. The van der Waals surface area contributed by atoms with Gasteiger partial charge in [-0.1, -0.05) is 18.2 Å². The van der Waals surface area contributed by atoms with Crippen LogP contribution in [0.5, 0.6) is 17.2 Å². The average Bonchev–Trinajstić information content (AvgIpc) is 2.62. The molecule has 0 bridgehead atoms. The number of benzene rings is 2. The van der Waals surface area contributed by atoms with Crippen LogP contribution in [0.15, 0.2) is 42.5 Å². The predicted molar refractivity (Wildman–Crippen MR) is 90.6 cm³/mol. The Kier molecular flexibility index (Phi) is 4.89. The fourth-order valence-corrected chi connectivity index (χ4v) is 2.60. The van der Waals surface area contributed by atoms with Gasteiger partial charge in [0.25, 0.3) is 0 Å². The second-order valence-electron chi connectivity index (χ2n) is 5.75. The van der Waals surface area contributed by atoms with Crippen molar-refractivity contribution in [2.24, 2.45) is 0 Å². The highest BCUT2D eigenvalue weighted by molar-refractivity contribution is 5.78. The highest BCUT2D eigenvalue weighted by Crippen LogP contribution is 2.31. The molecule has 1 aliphatic rings. The van der Waals surface area contributed by atoms with Gasteiger partial charge in [-0.05, 0) is 35.4 Å². The maximum absolute atomic E-state index is 12.4. The molecule has 126 valence electrons. The van der Waals surface area contributed by atoms with E-state index in [1.54, 1.807) is 12.0 Å². The van der Waals surface area contributed by atoms with Gasteiger partial charge in [0.05, 0.1) is 13.5 Å². The number of hydrogen-bond acceptors (Lipinski definition) is 4. The van der Waals surface area contributed by atoms with E-state index < -0.39 is 0 Å². The van der Waals surface area contributed by atoms with Crippen molar-refractivity contribution in [2.45, 2.75) is 13.0 Å². The number of rotatable bonds is 5. The lowest BCUT2D eigenvalue weighted by Crippen LogP contribution is -2.27. The molecule has 3 rings (SSSR count). The molecule has 1 heterocycles. The molecule has 0 unspecified atom stereocenters. The van der Waals surface area contributed by atoms with Crippen molar-refractivity contribution in [1.29, 1.82) is 0 Å². The maximum Gasteiger partial charge on any atom is 0.227 e. The average molecular weight is 327 g/mol. The van der Waals surface area contributed by atoms with Crippen molar-refractivity contribution in [3.05, 3.63) is 53.6 Å². The lowest BCUT2D eigenvalue weighted by Gasteiger charge is -2.21. The summed E-state index contributed by atoms with van der Waals surface area (Å²) in [6.07, 6.45) is 0.366. The van der Waals surface area contributed by atoms with E-state index in [0.717, 1.165) is 28.4 Å². The smallest absolute Gasteiger partial charge is 0.227 e. The largest absolute Gasteiger partial charge is 0.497 e. The first-order chi connectivity index (χ1) is 11.7. The summed E-state index contributed by atoms with van der Waals surface area (Å²) in [5, 5.41) is 0. The van der Waals surface area contributed by atoms with Gasteiger partial charge in [-0.25, -0.2) is 0 Å². The minimum absolute atomic E-state index is 0.0649. The number of fused-ring (bicyclic) bond motifs is 1. The molecular formula is C19H21NO4. The van der Waals surface area contributed by atoms with Gasteiger partial charge in [0, 0.05) is 13.6 Å². The zero-order valence-corrected chi connectivity index (χ0v) is 14.0. The molecule has 2 aromatic rings. The summed E-state index contributed by atoms with van der Waals surface area (Å²) >= 11 is 0. The van der Waals surface area contributed by atoms with E-state index in [1.807, 2.05) is 49.5 Å². The van der Waals surface area contributed by atoms with Crippen molar-refractivity contribution in [1.82, 2.24) is 4.90 Å². The van der Waals surface area contributed by atoms with Gasteiger partial charge < -0.3 is 19.1 Å². The maximum atomic E-state index is 12.4. The summed E-state index contributed by atoms with van der Waals surface area (Å²) in [5.74, 6) is 2.36. The quantitative estimate of drug-likeness (QED) is 0.847. The molecule has 0 atom stereocenters. The number of hydrogen-bond donors (Lipinski definition) is 0. The Balaban J connectivity index is 1.61. The van der Waals surface area contributed by atoms with Crippen LogP contribution in [0.25, 0.3) is 0 Å². The number of likely N-dealkylation sites (N-methyl/N-ethyl adjacent to an activating group) is 1. The summed E-state index contributed by atoms with van der Waals surface area (Å²) in [7, 11) is 3.43. The molecule has 1 amide bonds. The Morgan fingerprint density at radius 2 is 1.71 bits per heavy atom. The van der Waals surface area contributed by atoms with E-state index in [9.17, 15) is 4.79 Å². The molecule has 0 saturated carbocycles. The van der Waals surface area contributed by atoms with Crippen LogP contribution in [0.4, 0.5) is 0 Å². The molecule has 1 aliphatic heterocycles. The van der Waals surface area contributed by atoms with Crippen LogP contribution in [0.3, 0.4) is 0 Å². The summed E-state index contributed by atoms with van der Waals surface area (Å²) < 4.78 is 16.2. The summed E-state index contributed by atoms with van der Waals surface area (Å²) in [6.45, 7) is 1.67. The lowest BCUT2D eigenvalue weighted by atomic mass is 10.1. The van der Waals surface area contributed by atoms with Gasteiger partial charge >= 0.3 is 0 Å². The predicted octanol–water partition coefficient (Wildman–Crippen LogP) is 2.67. The molecule has 5 nitrogen and oxygen atoms in total. The Morgan fingerprint density at radius 1 is 1.04 bits per heavy atom. The molecule has 0 N–H and O–H groups in total. The first-order valence-corrected chi connectivity index (χ1v) is 7.91. The van der Waals surface area contributed by atoms with Crippen molar-refractivity contribution in [2.75, 3.05) is 27.4 Å². The Bertz CT molecular complexity index is 712. The third-order valence-corrected chi connectivity index (χ3v) is 3.97. The van der Waals surface area contributed by atoms with Crippen LogP contribution in [-0.4, -0.2) is 38.2 Å².